The summed E-state index contributed by atoms with van der Waals surface area (Å²) in [5.74, 6) is 0.195. The third kappa shape index (κ3) is 2.62. The maximum absolute atomic E-state index is 12.1. The molecule has 5 nitrogen and oxygen atoms in total. The van der Waals surface area contributed by atoms with Crippen LogP contribution in [-0.4, -0.2) is 43.4 Å². The lowest BCUT2D eigenvalue weighted by atomic mass is 10.1. The van der Waals surface area contributed by atoms with E-state index >= 15 is 0 Å². The highest BCUT2D eigenvalue weighted by molar-refractivity contribution is 7.91. The summed E-state index contributed by atoms with van der Waals surface area (Å²) in [6, 6.07) is 6.92. The van der Waals surface area contributed by atoms with E-state index in [0.29, 0.717) is 12.2 Å². The van der Waals surface area contributed by atoms with Gasteiger partial charge in [0.15, 0.2) is 15.9 Å². The summed E-state index contributed by atoms with van der Waals surface area (Å²) in [6.45, 7) is 0. The molecule has 0 spiro atoms. The van der Waals surface area contributed by atoms with Gasteiger partial charge in [0.25, 0.3) is 5.91 Å². The zero-order chi connectivity index (χ0) is 14.3. The van der Waals surface area contributed by atoms with Crippen LogP contribution in [0, 0.1) is 0 Å². The van der Waals surface area contributed by atoms with Crippen LogP contribution < -0.4 is 10.1 Å². The molecule has 0 aliphatic carbocycles. The van der Waals surface area contributed by atoms with Gasteiger partial charge in [-0.15, -0.1) is 11.6 Å². The number of amides is 1. The lowest BCUT2D eigenvalue weighted by Crippen LogP contribution is -2.46. The second kappa shape index (κ2) is 4.93. The van der Waals surface area contributed by atoms with Gasteiger partial charge in [-0.05, 0) is 11.6 Å². The van der Waals surface area contributed by atoms with Crippen molar-refractivity contribution in [3.63, 3.8) is 0 Å². The Morgan fingerprint density at radius 3 is 2.70 bits per heavy atom. The predicted octanol–water partition coefficient (Wildman–Crippen LogP) is 0.511. The van der Waals surface area contributed by atoms with Crippen molar-refractivity contribution in [2.24, 2.45) is 0 Å². The van der Waals surface area contributed by atoms with Crippen molar-refractivity contribution in [1.29, 1.82) is 0 Å². The molecule has 3 atom stereocenters. The van der Waals surface area contributed by atoms with E-state index in [4.69, 9.17) is 16.3 Å². The zero-order valence-electron chi connectivity index (χ0n) is 10.6. The lowest BCUT2D eigenvalue weighted by molar-refractivity contribution is -0.127. The Bertz CT molecular complexity index is 621. The number of carbonyl (C=O) groups excluding carboxylic acids is 1. The number of hydrogen-bond acceptors (Lipinski definition) is 4. The van der Waals surface area contributed by atoms with E-state index in [2.05, 4.69) is 5.32 Å². The smallest absolute Gasteiger partial charge is 0.261 e. The number of rotatable bonds is 2. The topological polar surface area (TPSA) is 72.5 Å². The summed E-state index contributed by atoms with van der Waals surface area (Å²) in [6.07, 6.45) is -0.117. The van der Waals surface area contributed by atoms with E-state index < -0.39 is 27.4 Å². The molecule has 2 aliphatic rings. The first-order valence-corrected chi connectivity index (χ1v) is 8.60. The molecule has 0 radical (unpaired) electrons. The zero-order valence-corrected chi connectivity index (χ0v) is 12.2. The average Bonchev–Trinajstić information content (AvgIpc) is 2.90. The van der Waals surface area contributed by atoms with E-state index in [1.54, 1.807) is 0 Å². The van der Waals surface area contributed by atoms with Crippen LogP contribution in [-0.2, 0) is 21.1 Å². The first kappa shape index (κ1) is 13.7. The summed E-state index contributed by atoms with van der Waals surface area (Å²) in [4.78, 5) is 12.1. The minimum absolute atomic E-state index is 0.0920. The fourth-order valence-electron chi connectivity index (χ4n) is 2.54. The number of nitrogens with one attached hydrogen (secondary N) is 1. The minimum Gasteiger partial charge on any atom is -0.480 e. The molecule has 0 aromatic heterocycles. The molecular formula is C13H14ClNO4S. The number of para-hydroxylation sites is 1. The highest BCUT2D eigenvalue weighted by Crippen LogP contribution is 2.28. The van der Waals surface area contributed by atoms with Crippen molar-refractivity contribution in [2.75, 3.05) is 11.5 Å². The Balaban J connectivity index is 1.65. The normalized spacial score (nSPS) is 30.6. The summed E-state index contributed by atoms with van der Waals surface area (Å²) in [7, 11) is -3.15. The van der Waals surface area contributed by atoms with Crippen molar-refractivity contribution in [1.82, 2.24) is 5.32 Å². The van der Waals surface area contributed by atoms with Crippen LogP contribution in [0.3, 0.4) is 0 Å². The number of hydrogen-bond donors (Lipinski definition) is 1. The Hall–Kier alpha value is -1.27. The highest BCUT2D eigenvalue weighted by atomic mass is 35.5. The van der Waals surface area contributed by atoms with E-state index in [1.165, 1.54) is 0 Å². The second-order valence-corrected chi connectivity index (χ2v) is 7.84. The van der Waals surface area contributed by atoms with E-state index in [9.17, 15) is 13.2 Å². The quantitative estimate of drug-likeness (QED) is 0.807. The standard InChI is InChI=1S/C13H14ClNO4S/c14-9-6-20(17,18)7-10(9)15-13(16)12-5-8-3-1-2-4-11(8)19-12/h1-4,9-10,12H,5-7H2,(H,15,16). The molecule has 108 valence electrons. The van der Waals surface area contributed by atoms with E-state index in [0.717, 1.165) is 5.56 Å². The van der Waals surface area contributed by atoms with Crippen LogP contribution in [0.25, 0.3) is 0 Å². The minimum atomic E-state index is -3.15. The fourth-order valence-corrected chi connectivity index (χ4v) is 5.09. The molecule has 7 heteroatoms. The van der Waals surface area contributed by atoms with Gasteiger partial charge < -0.3 is 10.1 Å². The number of benzene rings is 1. The number of ether oxygens (including phenoxy) is 1. The maximum Gasteiger partial charge on any atom is 0.261 e. The molecule has 0 bridgehead atoms. The first-order valence-electron chi connectivity index (χ1n) is 6.34. The van der Waals surface area contributed by atoms with Gasteiger partial charge in [0, 0.05) is 6.42 Å². The average molecular weight is 316 g/mol. The molecule has 1 aromatic rings. The van der Waals surface area contributed by atoms with E-state index in [1.807, 2.05) is 24.3 Å². The van der Waals surface area contributed by atoms with Gasteiger partial charge in [-0.2, -0.15) is 0 Å². The summed E-state index contributed by atoms with van der Waals surface area (Å²) in [5, 5.41) is 2.11. The van der Waals surface area contributed by atoms with Crippen molar-refractivity contribution < 1.29 is 17.9 Å². The largest absolute Gasteiger partial charge is 0.480 e. The van der Waals surface area contributed by atoms with Gasteiger partial charge in [0.2, 0.25) is 0 Å². The van der Waals surface area contributed by atoms with Crippen molar-refractivity contribution in [3.8, 4) is 5.75 Å². The molecular weight excluding hydrogens is 302 g/mol. The van der Waals surface area contributed by atoms with Crippen LogP contribution in [0.2, 0.25) is 0 Å². The Morgan fingerprint density at radius 1 is 1.30 bits per heavy atom. The van der Waals surface area contributed by atoms with Gasteiger partial charge >= 0.3 is 0 Å². The number of carbonyl (C=O) groups is 1. The lowest BCUT2D eigenvalue weighted by Gasteiger charge is -2.17. The molecule has 3 unspecified atom stereocenters. The SMILES string of the molecule is O=C(NC1CS(=O)(=O)CC1Cl)C1Cc2ccccc2O1. The van der Waals surface area contributed by atoms with Crippen molar-refractivity contribution in [3.05, 3.63) is 29.8 Å². The molecule has 1 N–H and O–H groups in total. The van der Waals surface area contributed by atoms with Crippen LogP contribution >= 0.6 is 11.6 Å². The van der Waals surface area contributed by atoms with Gasteiger partial charge in [-0.1, -0.05) is 18.2 Å². The number of fused-ring (bicyclic) bond motifs is 1. The third-order valence-corrected chi connectivity index (χ3v) is 5.93. The molecule has 1 aromatic carbocycles. The van der Waals surface area contributed by atoms with Crippen LogP contribution in [0.15, 0.2) is 24.3 Å². The highest BCUT2D eigenvalue weighted by Gasteiger charge is 2.39. The van der Waals surface area contributed by atoms with Crippen molar-refractivity contribution >= 4 is 27.3 Å². The molecule has 1 saturated heterocycles. The third-order valence-electron chi connectivity index (χ3n) is 3.55. The van der Waals surface area contributed by atoms with Gasteiger partial charge in [0.05, 0.1) is 22.9 Å². The first-order chi connectivity index (χ1) is 9.44. The monoisotopic (exact) mass is 315 g/mol. The fraction of sp³-hybridized carbons (Fsp3) is 0.462. The Morgan fingerprint density at radius 2 is 2.05 bits per heavy atom. The molecule has 2 aliphatic heterocycles. The van der Waals surface area contributed by atoms with Gasteiger partial charge in [-0.3, -0.25) is 4.79 Å². The number of sulfone groups is 1. The Labute approximate surface area is 122 Å². The van der Waals surface area contributed by atoms with Crippen LogP contribution in [0.5, 0.6) is 5.75 Å². The molecule has 3 rings (SSSR count). The summed E-state index contributed by atoms with van der Waals surface area (Å²) < 4.78 is 28.5. The molecule has 1 fully saturated rings. The van der Waals surface area contributed by atoms with Gasteiger partial charge in [0.1, 0.15) is 5.75 Å². The molecule has 1 amide bonds. The molecule has 20 heavy (non-hydrogen) atoms. The molecule has 0 saturated carbocycles. The predicted molar refractivity (Wildman–Crippen MR) is 74.8 cm³/mol. The van der Waals surface area contributed by atoms with Crippen molar-refractivity contribution in [2.45, 2.75) is 23.9 Å². The van der Waals surface area contributed by atoms with Crippen LogP contribution in [0.1, 0.15) is 5.56 Å². The maximum atomic E-state index is 12.1. The number of alkyl halides is 1. The number of halogens is 1. The van der Waals surface area contributed by atoms with E-state index in [-0.39, 0.29) is 17.4 Å². The second-order valence-electron chi connectivity index (χ2n) is 5.13. The summed E-state index contributed by atoms with van der Waals surface area (Å²) >= 11 is 5.97. The summed E-state index contributed by atoms with van der Waals surface area (Å²) in [5.41, 5.74) is 0.981. The van der Waals surface area contributed by atoms with Crippen LogP contribution in [0.4, 0.5) is 0 Å². The van der Waals surface area contributed by atoms with Gasteiger partial charge in [-0.25, -0.2) is 8.42 Å². The Kier molecular flexibility index (Phi) is 3.38. The molecule has 2 heterocycles.